The van der Waals surface area contributed by atoms with Crippen LogP contribution in [0.15, 0.2) is 36.4 Å². The van der Waals surface area contributed by atoms with E-state index in [-0.39, 0.29) is 17.7 Å². The summed E-state index contributed by atoms with van der Waals surface area (Å²) in [6.07, 6.45) is 2.03. The predicted octanol–water partition coefficient (Wildman–Crippen LogP) is 3.53. The minimum atomic E-state index is -0.756. The van der Waals surface area contributed by atoms with Gasteiger partial charge < -0.3 is 10.1 Å². The Bertz CT molecular complexity index is 709. The van der Waals surface area contributed by atoms with Gasteiger partial charge >= 0.3 is 0 Å². The van der Waals surface area contributed by atoms with Gasteiger partial charge in [0.2, 0.25) is 0 Å². The smallest absolute Gasteiger partial charge is 0.251 e. The fraction of sp³-hybridized carbons (Fsp3) is 0.235. The summed E-state index contributed by atoms with van der Waals surface area (Å²) >= 11 is 0. The van der Waals surface area contributed by atoms with Crippen LogP contribution in [-0.2, 0) is 0 Å². The van der Waals surface area contributed by atoms with Gasteiger partial charge in [0.1, 0.15) is 5.82 Å². The minimum Gasteiger partial charge on any atom is -0.493 e. The maximum absolute atomic E-state index is 13.7. The van der Waals surface area contributed by atoms with Gasteiger partial charge in [-0.15, -0.1) is 0 Å². The van der Waals surface area contributed by atoms with Gasteiger partial charge in [-0.2, -0.15) is 0 Å². The second-order valence-electron chi connectivity index (χ2n) is 5.29. The summed E-state index contributed by atoms with van der Waals surface area (Å²) in [5.74, 6) is -1.58. The quantitative estimate of drug-likeness (QED) is 0.938. The predicted molar refractivity (Wildman–Crippen MR) is 78.8 cm³/mol. The summed E-state index contributed by atoms with van der Waals surface area (Å²) in [6.45, 7) is 0. The lowest BCUT2D eigenvalue weighted by molar-refractivity contribution is 0.0951. The first-order valence-electron chi connectivity index (χ1n) is 7.03. The molecule has 0 heterocycles. The van der Waals surface area contributed by atoms with Gasteiger partial charge in [-0.1, -0.05) is 12.1 Å². The average molecular weight is 303 g/mol. The molecule has 5 heteroatoms. The Morgan fingerprint density at radius 3 is 2.45 bits per heavy atom. The zero-order valence-electron chi connectivity index (χ0n) is 12.0. The maximum atomic E-state index is 13.7. The van der Waals surface area contributed by atoms with Crippen LogP contribution in [0.4, 0.5) is 8.78 Å². The fourth-order valence-electron chi connectivity index (χ4n) is 2.28. The number of rotatable bonds is 4. The van der Waals surface area contributed by atoms with E-state index < -0.39 is 11.6 Å². The molecule has 1 aliphatic carbocycles. The molecular weight excluding hydrogens is 288 g/mol. The van der Waals surface area contributed by atoms with E-state index in [1.165, 1.54) is 13.2 Å². The highest BCUT2D eigenvalue weighted by atomic mass is 19.1. The van der Waals surface area contributed by atoms with Crippen molar-refractivity contribution in [1.82, 2.24) is 5.32 Å². The highest BCUT2D eigenvalue weighted by Gasteiger charge is 2.23. The van der Waals surface area contributed by atoms with Gasteiger partial charge in [-0.25, -0.2) is 8.78 Å². The van der Waals surface area contributed by atoms with Crippen molar-refractivity contribution in [3.8, 4) is 16.9 Å². The molecule has 0 bridgehead atoms. The molecule has 1 saturated carbocycles. The van der Waals surface area contributed by atoms with Crippen LogP contribution in [0.3, 0.4) is 0 Å². The second kappa shape index (κ2) is 5.75. The Morgan fingerprint density at radius 1 is 1.18 bits per heavy atom. The number of ether oxygens (including phenoxy) is 1. The Labute approximate surface area is 126 Å². The Hall–Kier alpha value is -2.43. The fourth-order valence-corrected chi connectivity index (χ4v) is 2.28. The highest BCUT2D eigenvalue weighted by Crippen LogP contribution is 2.33. The first-order valence-corrected chi connectivity index (χ1v) is 7.03. The number of carbonyl (C=O) groups excluding carboxylic acids is 1. The summed E-state index contributed by atoms with van der Waals surface area (Å²) in [5.41, 5.74) is 1.42. The highest BCUT2D eigenvalue weighted by molar-refractivity contribution is 5.95. The summed E-state index contributed by atoms with van der Waals surface area (Å²) in [4.78, 5) is 11.9. The summed E-state index contributed by atoms with van der Waals surface area (Å²) < 4.78 is 32.2. The van der Waals surface area contributed by atoms with Gasteiger partial charge in [0, 0.05) is 23.2 Å². The molecule has 1 aliphatic rings. The molecule has 2 aromatic carbocycles. The molecule has 22 heavy (non-hydrogen) atoms. The number of amides is 1. The van der Waals surface area contributed by atoms with Crippen molar-refractivity contribution < 1.29 is 18.3 Å². The van der Waals surface area contributed by atoms with Crippen LogP contribution >= 0.6 is 0 Å². The van der Waals surface area contributed by atoms with Crippen molar-refractivity contribution in [2.45, 2.75) is 18.9 Å². The van der Waals surface area contributed by atoms with E-state index in [1.54, 1.807) is 24.3 Å². The standard InChI is InChI=1S/C17H15F2NO2/c1-22-16-14(8-12(18)9-15(16)19)10-2-4-11(5-3-10)17(21)20-13-6-7-13/h2-5,8-9,13H,6-7H2,1H3,(H,20,21). The van der Waals surface area contributed by atoms with Gasteiger partial charge in [0.25, 0.3) is 5.91 Å². The SMILES string of the molecule is COc1c(F)cc(F)cc1-c1ccc(C(=O)NC2CC2)cc1. The topological polar surface area (TPSA) is 38.3 Å². The molecule has 114 valence electrons. The lowest BCUT2D eigenvalue weighted by atomic mass is 10.0. The molecule has 1 N–H and O–H groups in total. The van der Waals surface area contributed by atoms with E-state index >= 15 is 0 Å². The molecule has 0 aromatic heterocycles. The molecule has 3 rings (SSSR count). The van der Waals surface area contributed by atoms with Crippen molar-refractivity contribution in [3.63, 3.8) is 0 Å². The second-order valence-corrected chi connectivity index (χ2v) is 5.29. The summed E-state index contributed by atoms with van der Waals surface area (Å²) in [6, 6.07) is 8.84. The van der Waals surface area contributed by atoms with Crippen molar-refractivity contribution >= 4 is 5.91 Å². The maximum Gasteiger partial charge on any atom is 0.251 e. The largest absolute Gasteiger partial charge is 0.493 e. The lowest BCUT2D eigenvalue weighted by Gasteiger charge is -2.11. The molecule has 0 unspecified atom stereocenters. The van der Waals surface area contributed by atoms with Crippen molar-refractivity contribution in [2.24, 2.45) is 0 Å². The molecule has 3 nitrogen and oxygen atoms in total. The van der Waals surface area contributed by atoms with E-state index in [2.05, 4.69) is 5.32 Å². The Morgan fingerprint density at radius 2 is 1.86 bits per heavy atom. The van der Waals surface area contributed by atoms with Crippen molar-refractivity contribution in [3.05, 3.63) is 53.6 Å². The monoisotopic (exact) mass is 303 g/mol. The van der Waals surface area contributed by atoms with E-state index in [1.807, 2.05) is 0 Å². The molecule has 0 radical (unpaired) electrons. The van der Waals surface area contributed by atoms with Crippen LogP contribution in [0.2, 0.25) is 0 Å². The van der Waals surface area contributed by atoms with E-state index in [0.717, 1.165) is 18.9 Å². The molecule has 1 fully saturated rings. The zero-order chi connectivity index (χ0) is 15.7. The van der Waals surface area contributed by atoms with Gasteiger partial charge in [-0.3, -0.25) is 4.79 Å². The first-order chi connectivity index (χ1) is 10.6. The van der Waals surface area contributed by atoms with E-state index in [9.17, 15) is 13.6 Å². The van der Waals surface area contributed by atoms with Crippen LogP contribution in [0.1, 0.15) is 23.2 Å². The molecule has 1 amide bonds. The van der Waals surface area contributed by atoms with E-state index in [4.69, 9.17) is 4.74 Å². The third-order valence-electron chi connectivity index (χ3n) is 3.58. The molecule has 0 spiro atoms. The van der Waals surface area contributed by atoms with Crippen molar-refractivity contribution in [1.29, 1.82) is 0 Å². The third kappa shape index (κ3) is 2.93. The Kier molecular flexibility index (Phi) is 3.79. The number of hydrogen-bond acceptors (Lipinski definition) is 2. The molecule has 2 aromatic rings. The molecule has 0 aliphatic heterocycles. The number of nitrogens with one attached hydrogen (secondary N) is 1. The number of methoxy groups -OCH3 is 1. The lowest BCUT2D eigenvalue weighted by Crippen LogP contribution is -2.25. The van der Waals surface area contributed by atoms with Crippen LogP contribution in [0.25, 0.3) is 11.1 Å². The third-order valence-corrected chi connectivity index (χ3v) is 3.58. The van der Waals surface area contributed by atoms with Crippen LogP contribution in [-0.4, -0.2) is 19.1 Å². The molecular formula is C17H15F2NO2. The Balaban J connectivity index is 1.90. The number of carbonyl (C=O) groups is 1. The van der Waals surface area contributed by atoms with Crippen LogP contribution in [0, 0.1) is 11.6 Å². The van der Waals surface area contributed by atoms with Gasteiger partial charge in [0.15, 0.2) is 11.6 Å². The normalized spacial score (nSPS) is 13.8. The van der Waals surface area contributed by atoms with Crippen molar-refractivity contribution in [2.75, 3.05) is 7.11 Å². The van der Waals surface area contributed by atoms with Gasteiger partial charge in [0.05, 0.1) is 7.11 Å². The van der Waals surface area contributed by atoms with Gasteiger partial charge in [-0.05, 0) is 36.6 Å². The van der Waals surface area contributed by atoms with Crippen LogP contribution < -0.4 is 10.1 Å². The first kappa shape index (κ1) is 14.5. The number of hydrogen-bond donors (Lipinski definition) is 1. The summed E-state index contributed by atoms with van der Waals surface area (Å²) in [5, 5.41) is 2.89. The zero-order valence-corrected chi connectivity index (χ0v) is 12.0. The average Bonchev–Trinajstić information content (AvgIpc) is 3.30. The summed E-state index contributed by atoms with van der Waals surface area (Å²) in [7, 11) is 1.33. The number of benzene rings is 2. The van der Waals surface area contributed by atoms with E-state index in [0.29, 0.717) is 16.7 Å². The molecule has 0 atom stereocenters. The van der Waals surface area contributed by atoms with Crippen LogP contribution in [0.5, 0.6) is 5.75 Å². The number of halogens is 2. The molecule has 0 saturated heterocycles. The minimum absolute atomic E-state index is 0.0171.